The fourth-order valence-electron chi connectivity index (χ4n) is 4.20. The highest BCUT2D eigenvalue weighted by molar-refractivity contribution is 5.66. The van der Waals surface area contributed by atoms with Crippen LogP contribution < -0.4 is 5.73 Å². The second kappa shape index (κ2) is 7.33. The molecular weight excluding hydrogens is 364 g/mol. The van der Waals surface area contributed by atoms with Crippen LogP contribution in [0.5, 0.6) is 0 Å². The minimum atomic E-state index is 0.367. The summed E-state index contributed by atoms with van der Waals surface area (Å²) in [6.07, 6.45) is 7.66. The summed E-state index contributed by atoms with van der Waals surface area (Å²) in [4.78, 5) is 11.5. The fourth-order valence-corrected chi connectivity index (χ4v) is 4.20. The summed E-state index contributed by atoms with van der Waals surface area (Å²) in [5.41, 5.74) is 11.3. The van der Waals surface area contributed by atoms with E-state index in [1.54, 1.807) is 10.8 Å². The number of anilines is 1. The number of aryl methyl sites for hydroxylation is 1. The van der Waals surface area contributed by atoms with Gasteiger partial charge in [0.15, 0.2) is 5.65 Å². The van der Waals surface area contributed by atoms with Crippen LogP contribution in [0.4, 0.5) is 5.82 Å². The first-order chi connectivity index (χ1) is 14.2. The summed E-state index contributed by atoms with van der Waals surface area (Å²) in [6.45, 7) is 4.95. The van der Waals surface area contributed by atoms with Gasteiger partial charge in [0, 0.05) is 49.1 Å². The van der Waals surface area contributed by atoms with E-state index in [1.165, 1.54) is 5.56 Å². The van der Waals surface area contributed by atoms with E-state index in [1.807, 2.05) is 37.5 Å². The summed E-state index contributed by atoms with van der Waals surface area (Å²) in [5, 5.41) is 4.63. The van der Waals surface area contributed by atoms with E-state index in [0.717, 1.165) is 60.8 Å². The molecule has 0 spiro atoms. The Hall–Kier alpha value is -3.19. The van der Waals surface area contributed by atoms with E-state index in [2.05, 4.69) is 27.1 Å². The standard InChI is InChI=1S/C22H24N6O/c1-15-18(6-10-29-15)20-12-22-25-19(11-21(23)28(22)26-20)17-3-2-9-27(14-17)13-16-4-7-24-8-5-16/h4-8,10-12,17H,2-3,9,13-14,23H2,1H3. The number of nitrogens with two attached hydrogens (primary N) is 1. The zero-order valence-corrected chi connectivity index (χ0v) is 16.5. The van der Waals surface area contributed by atoms with E-state index in [4.69, 9.17) is 15.1 Å². The number of aromatic nitrogens is 4. The van der Waals surface area contributed by atoms with Crippen molar-refractivity contribution in [1.29, 1.82) is 0 Å². The van der Waals surface area contributed by atoms with Gasteiger partial charge < -0.3 is 10.2 Å². The Morgan fingerprint density at radius 1 is 1.21 bits per heavy atom. The number of likely N-dealkylation sites (tertiary alicyclic amines) is 1. The lowest BCUT2D eigenvalue weighted by Gasteiger charge is -2.32. The van der Waals surface area contributed by atoms with Crippen LogP contribution in [0.25, 0.3) is 16.9 Å². The smallest absolute Gasteiger partial charge is 0.158 e. The molecule has 0 bridgehead atoms. The summed E-state index contributed by atoms with van der Waals surface area (Å²) in [5.74, 6) is 1.82. The minimum Gasteiger partial charge on any atom is -0.469 e. The molecule has 0 aromatic carbocycles. The number of nitrogen functional groups attached to an aromatic ring is 1. The highest BCUT2D eigenvalue weighted by Gasteiger charge is 2.24. The Kier molecular flexibility index (Phi) is 4.52. The summed E-state index contributed by atoms with van der Waals surface area (Å²) in [6, 6.07) is 10.0. The molecule has 5 rings (SSSR count). The fraction of sp³-hybridized carbons (Fsp3) is 0.318. The van der Waals surface area contributed by atoms with Crippen LogP contribution >= 0.6 is 0 Å². The summed E-state index contributed by atoms with van der Waals surface area (Å²) >= 11 is 0. The van der Waals surface area contributed by atoms with Crippen LogP contribution in [0.2, 0.25) is 0 Å². The number of nitrogens with zero attached hydrogens (tertiary/aromatic N) is 5. The van der Waals surface area contributed by atoms with Gasteiger partial charge >= 0.3 is 0 Å². The first kappa shape index (κ1) is 17.9. The van der Waals surface area contributed by atoms with Gasteiger partial charge in [-0.25, -0.2) is 4.98 Å². The third-order valence-electron chi connectivity index (χ3n) is 5.69. The normalized spacial score (nSPS) is 17.8. The Morgan fingerprint density at radius 2 is 2.07 bits per heavy atom. The second-order valence-corrected chi connectivity index (χ2v) is 7.73. The highest BCUT2D eigenvalue weighted by atomic mass is 16.3. The maximum atomic E-state index is 6.34. The Bertz CT molecular complexity index is 1130. The lowest BCUT2D eigenvalue weighted by atomic mass is 9.94. The molecule has 29 heavy (non-hydrogen) atoms. The van der Waals surface area contributed by atoms with E-state index in [0.29, 0.717) is 11.7 Å². The predicted octanol–water partition coefficient (Wildman–Crippen LogP) is 3.65. The van der Waals surface area contributed by atoms with Gasteiger partial charge in [-0.3, -0.25) is 9.88 Å². The molecule has 1 saturated heterocycles. The van der Waals surface area contributed by atoms with Crippen LogP contribution in [0.15, 0.2) is 53.4 Å². The van der Waals surface area contributed by atoms with Crippen molar-refractivity contribution in [2.45, 2.75) is 32.2 Å². The molecule has 1 aliphatic rings. The minimum absolute atomic E-state index is 0.367. The van der Waals surface area contributed by atoms with Gasteiger partial charge in [-0.15, -0.1) is 0 Å². The number of hydrogen-bond acceptors (Lipinski definition) is 6. The average Bonchev–Trinajstić information content (AvgIpc) is 3.35. The molecule has 7 nitrogen and oxygen atoms in total. The zero-order chi connectivity index (χ0) is 19.8. The third-order valence-corrected chi connectivity index (χ3v) is 5.69. The molecule has 0 radical (unpaired) electrons. The first-order valence-corrected chi connectivity index (χ1v) is 9.99. The monoisotopic (exact) mass is 388 g/mol. The summed E-state index contributed by atoms with van der Waals surface area (Å²) < 4.78 is 7.13. The number of furan rings is 1. The third kappa shape index (κ3) is 3.49. The quantitative estimate of drug-likeness (QED) is 0.574. The van der Waals surface area contributed by atoms with Gasteiger partial charge in [0.25, 0.3) is 0 Å². The van der Waals surface area contributed by atoms with Gasteiger partial charge in [0.2, 0.25) is 0 Å². The Morgan fingerprint density at radius 3 is 2.86 bits per heavy atom. The van der Waals surface area contributed by atoms with Crippen molar-refractivity contribution in [2.75, 3.05) is 18.8 Å². The predicted molar refractivity (Wildman–Crippen MR) is 111 cm³/mol. The molecule has 0 amide bonds. The highest BCUT2D eigenvalue weighted by Crippen LogP contribution is 2.30. The maximum absolute atomic E-state index is 6.34. The van der Waals surface area contributed by atoms with Crippen LogP contribution in [-0.4, -0.2) is 37.6 Å². The number of pyridine rings is 1. The van der Waals surface area contributed by atoms with Gasteiger partial charge in [0.1, 0.15) is 11.6 Å². The topological polar surface area (TPSA) is 85.5 Å². The van der Waals surface area contributed by atoms with Gasteiger partial charge in [0.05, 0.1) is 17.7 Å². The van der Waals surface area contributed by atoms with Crippen LogP contribution in [0.3, 0.4) is 0 Å². The largest absolute Gasteiger partial charge is 0.469 e. The molecular formula is C22H24N6O. The molecule has 0 aliphatic carbocycles. The first-order valence-electron chi connectivity index (χ1n) is 9.99. The number of hydrogen-bond donors (Lipinski definition) is 1. The molecule has 4 aromatic heterocycles. The number of rotatable bonds is 4. The zero-order valence-electron chi connectivity index (χ0n) is 16.5. The van der Waals surface area contributed by atoms with E-state index in [-0.39, 0.29) is 0 Å². The number of piperidine rings is 1. The Balaban J connectivity index is 1.41. The van der Waals surface area contributed by atoms with Crippen molar-refractivity contribution < 1.29 is 4.42 Å². The van der Waals surface area contributed by atoms with Gasteiger partial charge in [-0.1, -0.05) is 0 Å². The molecule has 4 aromatic rings. The van der Waals surface area contributed by atoms with Gasteiger partial charge in [-0.2, -0.15) is 9.61 Å². The lowest BCUT2D eigenvalue weighted by Crippen LogP contribution is -2.34. The van der Waals surface area contributed by atoms with E-state index >= 15 is 0 Å². The van der Waals surface area contributed by atoms with Crippen molar-refractivity contribution in [3.8, 4) is 11.3 Å². The molecule has 1 unspecified atom stereocenters. The number of fused-ring (bicyclic) bond motifs is 1. The van der Waals surface area contributed by atoms with Crippen molar-refractivity contribution in [3.05, 3.63) is 66.0 Å². The van der Waals surface area contributed by atoms with Crippen molar-refractivity contribution in [2.24, 2.45) is 0 Å². The molecule has 1 atom stereocenters. The van der Waals surface area contributed by atoms with Crippen LogP contribution in [-0.2, 0) is 6.54 Å². The molecule has 1 fully saturated rings. The van der Waals surface area contributed by atoms with Crippen molar-refractivity contribution >= 4 is 11.5 Å². The maximum Gasteiger partial charge on any atom is 0.158 e. The SMILES string of the molecule is Cc1occc1-c1cc2nc(C3CCCN(Cc4ccncc4)C3)cc(N)n2n1. The summed E-state index contributed by atoms with van der Waals surface area (Å²) in [7, 11) is 0. The van der Waals surface area contributed by atoms with Crippen molar-refractivity contribution in [1.82, 2.24) is 24.5 Å². The average molecular weight is 388 g/mol. The van der Waals surface area contributed by atoms with Crippen LogP contribution in [0, 0.1) is 6.92 Å². The van der Waals surface area contributed by atoms with Gasteiger partial charge in [-0.05, 0) is 50.1 Å². The van der Waals surface area contributed by atoms with E-state index in [9.17, 15) is 0 Å². The van der Waals surface area contributed by atoms with Crippen LogP contribution in [0.1, 0.15) is 35.8 Å². The molecule has 1 aliphatic heterocycles. The molecule has 7 heteroatoms. The van der Waals surface area contributed by atoms with E-state index < -0.39 is 0 Å². The second-order valence-electron chi connectivity index (χ2n) is 7.73. The molecule has 148 valence electrons. The molecule has 5 heterocycles. The molecule has 0 saturated carbocycles. The van der Waals surface area contributed by atoms with Crippen molar-refractivity contribution in [3.63, 3.8) is 0 Å². The lowest BCUT2D eigenvalue weighted by molar-refractivity contribution is 0.198. The Labute approximate surface area is 169 Å². The molecule has 2 N–H and O–H groups in total.